The molecular formula is C25H18Cl2FNO4. The van der Waals surface area contributed by atoms with Gasteiger partial charge < -0.3 is 4.74 Å². The molecule has 0 aromatic heterocycles. The van der Waals surface area contributed by atoms with Crippen molar-refractivity contribution in [2.75, 3.05) is 11.5 Å². The largest absolute Gasteiger partial charge is 0.485 e. The number of ketones is 1. The maximum absolute atomic E-state index is 15.0. The van der Waals surface area contributed by atoms with Crippen molar-refractivity contribution in [2.45, 2.75) is 6.42 Å². The standard InChI is InChI=1S/C25H18Cl2FNO4/c26-17-5-1-11(7-18(17)27)21(30)10-33-12-2-6-20(19(28)8-12)29-24(31)22-13-3-4-14(16-9-15(13)16)23(22)25(29)32/h1-8,13-16,22-23H,9-10H2/t13-,14+,15?,16?,22-,23+. The summed E-state index contributed by atoms with van der Waals surface area (Å²) in [6.07, 6.45) is 5.22. The zero-order valence-corrected chi connectivity index (χ0v) is 18.7. The Kier molecular flexibility index (Phi) is 4.68. The Hall–Kier alpha value is -2.70. The summed E-state index contributed by atoms with van der Waals surface area (Å²) < 4.78 is 20.4. The zero-order chi connectivity index (χ0) is 23.0. The van der Waals surface area contributed by atoms with E-state index in [9.17, 15) is 14.4 Å². The van der Waals surface area contributed by atoms with Crippen molar-refractivity contribution in [1.82, 2.24) is 0 Å². The fourth-order valence-corrected chi connectivity index (χ4v) is 6.15. The Bertz CT molecular complexity index is 1220. The van der Waals surface area contributed by atoms with E-state index >= 15 is 4.39 Å². The molecule has 33 heavy (non-hydrogen) atoms. The third kappa shape index (κ3) is 3.15. The molecule has 1 aliphatic heterocycles. The van der Waals surface area contributed by atoms with Crippen LogP contribution in [0.1, 0.15) is 16.8 Å². The first-order valence-corrected chi connectivity index (χ1v) is 11.6. The van der Waals surface area contributed by atoms with Crippen LogP contribution >= 0.6 is 23.2 Å². The minimum Gasteiger partial charge on any atom is -0.485 e. The average Bonchev–Trinajstić information content (AvgIpc) is 3.58. The third-order valence-corrected chi connectivity index (χ3v) is 8.17. The van der Waals surface area contributed by atoms with Crippen LogP contribution in [-0.4, -0.2) is 24.2 Å². The predicted molar refractivity (Wildman–Crippen MR) is 120 cm³/mol. The molecule has 2 aromatic carbocycles. The molecule has 0 spiro atoms. The van der Waals surface area contributed by atoms with Gasteiger partial charge in [0.15, 0.2) is 18.2 Å². The third-order valence-electron chi connectivity index (χ3n) is 7.43. The van der Waals surface area contributed by atoms with Gasteiger partial charge in [-0.05, 0) is 60.4 Å². The van der Waals surface area contributed by atoms with E-state index in [2.05, 4.69) is 12.2 Å². The van der Waals surface area contributed by atoms with Gasteiger partial charge in [0.2, 0.25) is 11.8 Å². The molecule has 5 nitrogen and oxygen atoms in total. The number of hydrogen-bond acceptors (Lipinski definition) is 4. The number of nitrogens with zero attached hydrogens (tertiary/aromatic N) is 1. The predicted octanol–water partition coefficient (Wildman–Crippen LogP) is 4.95. The highest BCUT2D eigenvalue weighted by atomic mass is 35.5. The van der Waals surface area contributed by atoms with E-state index in [-0.39, 0.29) is 52.5 Å². The molecule has 2 saturated carbocycles. The van der Waals surface area contributed by atoms with Gasteiger partial charge in [-0.3, -0.25) is 14.4 Å². The molecule has 2 unspecified atom stereocenters. The van der Waals surface area contributed by atoms with Crippen molar-refractivity contribution in [3.8, 4) is 5.75 Å². The number of allylic oxidation sites excluding steroid dienone is 2. The van der Waals surface area contributed by atoms with Gasteiger partial charge in [-0.25, -0.2) is 9.29 Å². The summed E-state index contributed by atoms with van der Waals surface area (Å²) in [7, 11) is 0. The monoisotopic (exact) mass is 485 g/mol. The summed E-state index contributed by atoms with van der Waals surface area (Å²) in [5.41, 5.74) is 0.245. The molecule has 2 bridgehead atoms. The first kappa shape index (κ1) is 20.9. The van der Waals surface area contributed by atoms with Crippen LogP contribution in [0.5, 0.6) is 5.75 Å². The Labute approximate surface area is 199 Å². The van der Waals surface area contributed by atoms with Gasteiger partial charge in [0.25, 0.3) is 0 Å². The number of anilines is 1. The lowest BCUT2D eigenvalue weighted by atomic mass is 9.63. The molecule has 5 aliphatic rings. The highest BCUT2D eigenvalue weighted by Gasteiger charge is 2.67. The van der Waals surface area contributed by atoms with Crippen LogP contribution in [0.4, 0.5) is 10.1 Å². The number of carbonyl (C=O) groups is 3. The maximum atomic E-state index is 15.0. The smallest absolute Gasteiger partial charge is 0.238 e. The lowest BCUT2D eigenvalue weighted by Gasteiger charge is -2.37. The molecule has 168 valence electrons. The van der Waals surface area contributed by atoms with Crippen LogP contribution in [0, 0.1) is 41.3 Å². The number of hydrogen-bond donors (Lipinski definition) is 0. The van der Waals surface area contributed by atoms with E-state index in [0.717, 1.165) is 17.4 Å². The lowest BCUT2D eigenvalue weighted by Crippen LogP contribution is -2.40. The Morgan fingerprint density at radius 3 is 2.24 bits per heavy atom. The number of benzene rings is 2. The highest BCUT2D eigenvalue weighted by molar-refractivity contribution is 6.42. The number of ether oxygens (including phenoxy) is 1. The van der Waals surface area contributed by atoms with Gasteiger partial charge in [0, 0.05) is 11.6 Å². The zero-order valence-electron chi connectivity index (χ0n) is 17.2. The number of halogens is 3. The Balaban J connectivity index is 1.19. The van der Waals surface area contributed by atoms with Gasteiger partial charge in [-0.1, -0.05) is 35.4 Å². The fraction of sp³-hybridized carbons (Fsp3) is 0.320. The molecule has 1 heterocycles. The minimum atomic E-state index is -0.750. The quantitative estimate of drug-likeness (QED) is 0.341. The van der Waals surface area contributed by atoms with Gasteiger partial charge in [-0.2, -0.15) is 0 Å². The second kappa shape index (κ2) is 7.40. The maximum Gasteiger partial charge on any atom is 0.238 e. The Morgan fingerprint density at radius 2 is 1.64 bits per heavy atom. The van der Waals surface area contributed by atoms with E-state index < -0.39 is 17.7 Å². The van der Waals surface area contributed by atoms with E-state index in [1.165, 1.54) is 30.3 Å². The van der Waals surface area contributed by atoms with Crippen LogP contribution in [-0.2, 0) is 9.59 Å². The average molecular weight is 486 g/mol. The van der Waals surface area contributed by atoms with Crippen molar-refractivity contribution in [3.63, 3.8) is 0 Å². The van der Waals surface area contributed by atoms with E-state index in [1.807, 2.05) is 0 Å². The van der Waals surface area contributed by atoms with E-state index in [4.69, 9.17) is 27.9 Å². The van der Waals surface area contributed by atoms with Crippen molar-refractivity contribution in [2.24, 2.45) is 35.5 Å². The molecule has 1 saturated heterocycles. The van der Waals surface area contributed by atoms with Gasteiger partial charge >= 0.3 is 0 Å². The summed E-state index contributed by atoms with van der Waals surface area (Å²) in [6, 6.07) is 8.38. The van der Waals surface area contributed by atoms with Crippen molar-refractivity contribution in [1.29, 1.82) is 0 Å². The van der Waals surface area contributed by atoms with Crippen molar-refractivity contribution >= 4 is 46.5 Å². The number of rotatable bonds is 5. The molecule has 6 atom stereocenters. The summed E-state index contributed by atoms with van der Waals surface area (Å²) >= 11 is 11.8. The second-order valence-corrected chi connectivity index (χ2v) is 9.93. The fourth-order valence-electron chi connectivity index (χ4n) is 5.85. The number of carbonyl (C=O) groups excluding carboxylic acids is 3. The van der Waals surface area contributed by atoms with Crippen LogP contribution in [0.15, 0.2) is 48.6 Å². The lowest BCUT2D eigenvalue weighted by molar-refractivity contribution is -0.124. The first-order chi connectivity index (χ1) is 15.8. The highest BCUT2D eigenvalue weighted by Crippen LogP contribution is 2.65. The topological polar surface area (TPSA) is 63.7 Å². The normalized spacial score (nSPS) is 30.9. The van der Waals surface area contributed by atoms with Crippen LogP contribution < -0.4 is 9.64 Å². The molecule has 3 fully saturated rings. The van der Waals surface area contributed by atoms with Gasteiger partial charge in [-0.15, -0.1) is 0 Å². The van der Waals surface area contributed by atoms with Gasteiger partial charge in [0.05, 0.1) is 27.6 Å². The molecule has 0 radical (unpaired) electrons. The summed E-state index contributed by atoms with van der Waals surface area (Å²) in [4.78, 5) is 39.7. The van der Waals surface area contributed by atoms with Crippen LogP contribution in [0.25, 0.3) is 0 Å². The molecule has 8 heteroatoms. The molecule has 2 amide bonds. The first-order valence-electron chi connectivity index (χ1n) is 10.8. The summed E-state index contributed by atoms with van der Waals surface area (Å²) in [5.74, 6) is -1.31. The van der Waals surface area contributed by atoms with Crippen LogP contribution in [0.2, 0.25) is 10.0 Å². The van der Waals surface area contributed by atoms with Crippen LogP contribution in [0.3, 0.4) is 0 Å². The number of imide groups is 1. The van der Waals surface area contributed by atoms with Gasteiger partial charge in [0.1, 0.15) is 5.75 Å². The van der Waals surface area contributed by atoms with Crippen molar-refractivity contribution < 1.29 is 23.5 Å². The summed E-state index contributed by atoms with van der Waals surface area (Å²) in [5, 5.41) is 0.581. The molecule has 4 aliphatic carbocycles. The number of Topliss-reactive ketones (excluding diaryl/α,β-unsaturated/α-hetero) is 1. The van der Waals surface area contributed by atoms with E-state index in [1.54, 1.807) is 0 Å². The van der Waals surface area contributed by atoms with E-state index in [0.29, 0.717) is 22.4 Å². The SMILES string of the molecule is O=C(COc1ccc(N2C(=O)[C@@H]3[C@H](C2=O)[C@@H]2C=C[C@H]3C3CC32)c(F)c1)c1ccc(Cl)c(Cl)c1. The molecular weight excluding hydrogens is 468 g/mol. The summed E-state index contributed by atoms with van der Waals surface area (Å²) in [6.45, 7) is -0.333. The molecule has 2 aromatic rings. The second-order valence-electron chi connectivity index (χ2n) is 9.12. The number of amides is 2. The molecule has 0 N–H and O–H groups in total. The van der Waals surface area contributed by atoms with Crippen molar-refractivity contribution in [3.05, 3.63) is 70.0 Å². The minimum absolute atomic E-state index is 0.0735. The molecule has 7 rings (SSSR count). The Morgan fingerprint density at radius 1 is 0.970 bits per heavy atom.